The van der Waals surface area contributed by atoms with Crippen LogP contribution < -0.4 is 0 Å². The largest absolute Gasteiger partial charge is 0.465 e. The molecule has 1 rings (SSSR count). The molecule has 1 aliphatic rings. The van der Waals surface area contributed by atoms with Gasteiger partial charge in [0, 0.05) is 6.92 Å². The Morgan fingerprint density at radius 2 is 1.65 bits per heavy atom. The summed E-state index contributed by atoms with van der Waals surface area (Å²) in [6, 6.07) is 0. The van der Waals surface area contributed by atoms with Crippen LogP contribution in [0.1, 0.15) is 33.6 Å². The predicted octanol–water partition coefficient (Wildman–Crippen LogP) is 1.38. The summed E-state index contributed by atoms with van der Waals surface area (Å²) in [5.74, 6) is -1.59. The van der Waals surface area contributed by atoms with E-state index in [2.05, 4.69) is 0 Å². The molecular formula is C14H20O6. The topological polar surface area (TPSA) is 78.9 Å². The van der Waals surface area contributed by atoms with E-state index in [1.807, 2.05) is 0 Å². The van der Waals surface area contributed by atoms with E-state index in [4.69, 9.17) is 14.2 Å². The number of ether oxygens (including phenoxy) is 3. The molecule has 0 aromatic heterocycles. The summed E-state index contributed by atoms with van der Waals surface area (Å²) < 4.78 is 14.9. The summed E-state index contributed by atoms with van der Waals surface area (Å²) >= 11 is 0. The first-order chi connectivity index (χ1) is 9.46. The van der Waals surface area contributed by atoms with Gasteiger partial charge in [-0.05, 0) is 32.3 Å². The molecule has 0 saturated carbocycles. The molecule has 0 saturated heterocycles. The summed E-state index contributed by atoms with van der Waals surface area (Å²) in [7, 11) is 0. The van der Waals surface area contributed by atoms with Crippen molar-refractivity contribution >= 4 is 17.9 Å². The van der Waals surface area contributed by atoms with Crippen LogP contribution in [0.4, 0.5) is 0 Å². The van der Waals surface area contributed by atoms with E-state index in [0.717, 1.165) is 5.57 Å². The lowest BCUT2D eigenvalue weighted by atomic mass is 9.84. The lowest BCUT2D eigenvalue weighted by molar-refractivity contribution is -0.171. The lowest BCUT2D eigenvalue weighted by Gasteiger charge is -2.24. The van der Waals surface area contributed by atoms with Gasteiger partial charge in [-0.25, -0.2) is 0 Å². The van der Waals surface area contributed by atoms with Gasteiger partial charge in [-0.2, -0.15) is 0 Å². The third-order valence-electron chi connectivity index (χ3n) is 3.06. The molecule has 0 amide bonds. The Kier molecular flexibility index (Phi) is 5.73. The molecular weight excluding hydrogens is 264 g/mol. The fourth-order valence-electron chi connectivity index (χ4n) is 2.09. The molecule has 1 aliphatic carbocycles. The summed E-state index contributed by atoms with van der Waals surface area (Å²) in [6.07, 6.45) is 2.11. The van der Waals surface area contributed by atoms with Crippen LogP contribution in [0.2, 0.25) is 0 Å². The Morgan fingerprint density at radius 1 is 1.10 bits per heavy atom. The van der Waals surface area contributed by atoms with Crippen LogP contribution in [0.25, 0.3) is 0 Å². The Bertz CT molecular complexity index is 405. The van der Waals surface area contributed by atoms with Crippen molar-refractivity contribution in [2.75, 3.05) is 19.8 Å². The van der Waals surface area contributed by atoms with Gasteiger partial charge < -0.3 is 14.2 Å². The lowest BCUT2D eigenvalue weighted by Crippen LogP contribution is -2.40. The zero-order chi connectivity index (χ0) is 15.2. The second-order valence-corrected chi connectivity index (χ2v) is 4.55. The average molecular weight is 284 g/mol. The van der Waals surface area contributed by atoms with Crippen molar-refractivity contribution in [1.82, 2.24) is 0 Å². The molecule has 0 fully saturated rings. The molecule has 0 heterocycles. The molecule has 6 nitrogen and oxygen atoms in total. The summed E-state index contributed by atoms with van der Waals surface area (Å²) in [6.45, 7) is 5.13. The minimum atomic E-state index is -1.33. The molecule has 0 N–H and O–H groups in total. The van der Waals surface area contributed by atoms with Gasteiger partial charge in [-0.3, -0.25) is 14.4 Å². The number of esters is 3. The molecule has 0 aromatic carbocycles. The fraction of sp³-hybridized carbons (Fsp3) is 0.643. The average Bonchev–Trinajstić information content (AvgIpc) is 2.82. The number of hydrogen-bond donors (Lipinski definition) is 0. The van der Waals surface area contributed by atoms with Crippen LogP contribution in [0.15, 0.2) is 11.6 Å². The SMILES string of the molecule is CCOC(=O)C1(C(=O)OCC)CC=C(COC(C)=O)C1. The number of allylic oxidation sites excluding steroid dienone is 1. The summed E-state index contributed by atoms with van der Waals surface area (Å²) in [5, 5.41) is 0. The van der Waals surface area contributed by atoms with Gasteiger partial charge in [0.15, 0.2) is 5.41 Å². The molecule has 0 aliphatic heterocycles. The van der Waals surface area contributed by atoms with Crippen LogP contribution in [-0.4, -0.2) is 37.7 Å². The van der Waals surface area contributed by atoms with Gasteiger partial charge >= 0.3 is 17.9 Å². The first kappa shape index (κ1) is 16.2. The number of rotatable bonds is 6. The fourth-order valence-corrected chi connectivity index (χ4v) is 2.09. The van der Waals surface area contributed by atoms with Crippen LogP contribution in [0.3, 0.4) is 0 Å². The maximum Gasteiger partial charge on any atom is 0.324 e. The minimum Gasteiger partial charge on any atom is -0.465 e. The third-order valence-corrected chi connectivity index (χ3v) is 3.06. The third kappa shape index (κ3) is 3.59. The van der Waals surface area contributed by atoms with Crippen LogP contribution in [-0.2, 0) is 28.6 Å². The highest BCUT2D eigenvalue weighted by Crippen LogP contribution is 2.40. The molecule has 0 radical (unpaired) electrons. The highest BCUT2D eigenvalue weighted by Gasteiger charge is 2.51. The maximum absolute atomic E-state index is 12.1. The first-order valence-corrected chi connectivity index (χ1v) is 6.62. The number of carbonyl (C=O) groups is 3. The molecule has 112 valence electrons. The molecule has 0 spiro atoms. The van der Waals surface area contributed by atoms with Gasteiger partial charge in [-0.1, -0.05) is 6.08 Å². The Hall–Kier alpha value is -1.85. The van der Waals surface area contributed by atoms with Crippen molar-refractivity contribution in [2.24, 2.45) is 5.41 Å². The van der Waals surface area contributed by atoms with E-state index in [9.17, 15) is 14.4 Å². The molecule has 6 heteroatoms. The quantitative estimate of drug-likeness (QED) is 0.317. The van der Waals surface area contributed by atoms with Crippen molar-refractivity contribution < 1.29 is 28.6 Å². The monoisotopic (exact) mass is 284 g/mol. The maximum atomic E-state index is 12.1. The van der Waals surface area contributed by atoms with Crippen molar-refractivity contribution in [3.8, 4) is 0 Å². The van der Waals surface area contributed by atoms with E-state index in [-0.39, 0.29) is 32.7 Å². The number of carbonyl (C=O) groups excluding carboxylic acids is 3. The minimum absolute atomic E-state index is 0.0793. The number of hydrogen-bond acceptors (Lipinski definition) is 6. The summed E-state index contributed by atoms with van der Waals surface area (Å²) in [4.78, 5) is 35.0. The predicted molar refractivity (Wildman–Crippen MR) is 69.6 cm³/mol. The van der Waals surface area contributed by atoms with E-state index in [0.29, 0.717) is 0 Å². The standard InChI is InChI=1S/C14H20O6/c1-4-18-12(16)14(13(17)19-5-2)7-6-11(8-14)9-20-10(3)15/h6H,4-5,7-9H2,1-3H3. The Labute approximate surface area is 118 Å². The van der Waals surface area contributed by atoms with Crippen molar-refractivity contribution in [3.63, 3.8) is 0 Å². The van der Waals surface area contributed by atoms with Gasteiger partial charge in [0.1, 0.15) is 6.61 Å². The molecule has 0 atom stereocenters. The molecule has 0 aromatic rings. The van der Waals surface area contributed by atoms with Crippen LogP contribution in [0.5, 0.6) is 0 Å². The van der Waals surface area contributed by atoms with Crippen molar-refractivity contribution in [1.29, 1.82) is 0 Å². The van der Waals surface area contributed by atoms with Gasteiger partial charge in [-0.15, -0.1) is 0 Å². The smallest absolute Gasteiger partial charge is 0.324 e. The van der Waals surface area contributed by atoms with Crippen LogP contribution in [0, 0.1) is 5.41 Å². The zero-order valence-corrected chi connectivity index (χ0v) is 12.1. The highest BCUT2D eigenvalue weighted by atomic mass is 16.6. The Balaban J connectivity index is 2.81. The van der Waals surface area contributed by atoms with Gasteiger partial charge in [0.05, 0.1) is 13.2 Å². The van der Waals surface area contributed by atoms with E-state index in [1.165, 1.54) is 6.92 Å². The highest BCUT2D eigenvalue weighted by molar-refractivity contribution is 6.01. The van der Waals surface area contributed by atoms with Crippen molar-refractivity contribution in [3.05, 3.63) is 11.6 Å². The summed E-state index contributed by atoms with van der Waals surface area (Å²) in [5.41, 5.74) is -0.608. The van der Waals surface area contributed by atoms with E-state index < -0.39 is 23.3 Å². The van der Waals surface area contributed by atoms with Gasteiger partial charge in [0.2, 0.25) is 0 Å². The Morgan fingerprint density at radius 3 is 2.10 bits per heavy atom. The normalized spacial score (nSPS) is 16.2. The zero-order valence-electron chi connectivity index (χ0n) is 12.1. The molecule has 0 unspecified atom stereocenters. The van der Waals surface area contributed by atoms with E-state index >= 15 is 0 Å². The second-order valence-electron chi connectivity index (χ2n) is 4.55. The molecule has 20 heavy (non-hydrogen) atoms. The second kappa shape index (κ2) is 7.07. The van der Waals surface area contributed by atoms with Crippen molar-refractivity contribution in [2.45, 2.75) is 33.6 Å². The van der Waals surface area contributed by atoms with Gasteiger partial charge in [0.25, 0.3) is 0 Å². The first-order valence-electron chi connectivity index (χ1n) is 6.62. The van der Waals surface area contributed by atoms with E-state index in [1.54, 1.807) is 19.9 Å². The van der Waals surface area contributed by atoms with Crippen LogP contribution >= 0.6 is 0 Å². The molecule has 0 bridgehead atoms.